The van der Waals surface area contributed by atoms with Crippen LogP contribution in [0.2, 0.25) is 0 Å². The standard InChI is InChI=1S/C13H23NO3S/c1-12(2)4-5-18-7-10(12)14-8-13(3,9-14)17-6-11(15)16/h10H,4-9H2,1-3H3,(H,15,16). The lowest BCUT2D eigenvalue weighted by Crippen LogP contribution is -2.68. The molecule has 18 heavy (non-hydrogen) atoms. The zero-order chi connectivity index (χ0) is 13.4. The number of hydrogen-bond donors (Lipinski definition) is 1. The molecule has 0 aromatic carbocycles. The van der Waals surface area contributed by atoms with E-state index in [1.807, 2.05) is 18.7 Å². The zero-order valence-electron chi connectivity index (χ0n) is 11.4. The van der Waals surface area contributed by atoms with Gasteiger partial charge >= 0.3 is 5.97 Å². The van der Waals surface area contributed by atoms with E-state index in [4.69, 9.17) is 9.84 Å². The molecule has 2 heterocycles. The van der Waals surface area contributed by atoms with Crippen molar-refractivity contribution in [2.24, 2.45) is 5.41 Å². The minimum atomic E-state index is -0.886. The van der Waals surface area contributed by atoms with Gasteiger partial charge in [0.05, 0.1) is 5.60 Å². The Morgan fingerprint density at radius 2 is 2.11 bits per heavy atom. The third kappa shape index (κ3) is 3.00. The second kappa shape index (κ2) is 5.02. The molecule has 0 radical (unpaired) electrons. The van der Waals surface area contributed by atoms with Gasteiger partial charge in [-0.3, -0.25) is 4.90 Å². The highest BCUT2D eigenvalue weighted by molar-refractivity contribution is 7.99. The van der Waals surface area contributed by atoms with Gasteiger partial charge in [0.15, 0.2) is 0 Å². The largest absolute Gasteiger partial charge is 0.480 e. The molecule has 0 amide bonds. The summed E-state index contributed by atoms with van der Waals surface area (Å²) in [5, 5.41) is 8.65. The molecule has 1 N–H and O–H groups in total. The minimum Gasteiger partial charge on any atom is -0.480 e. The van der Waals surface area contributed by atoms with Crippen LogP contribution in [0.3, 0.4) is 0 Å². The molecular weight excluding hydrogens is 250 g/mol. The van der Waals surface area contributed by atoms with Gasteiger partial charge in [0, 0.05) is 24.9 Å². The average Bonchev–Trinajstić information content (AvgIpc) is 2.22. The maximum Gasteiger partial charge on any atom is 0.329 e. The topological polar surface area (TPSA) is 49.8 Å². The summed E-state index contributed by atoms with van der Waals surface area (Å²) in [5.74, 6) is 1.55. The van der Waals surface area contributed by atoms with E-state index in [9.17, 15) is 4.79 Å². The predicted octanol–water partition coefficient (Wildman–Crippen LogP) is 1.69. The minimum absolute atomic E-state index is 0.187. The molecule has 2 saturated heterocycles. The van der Waals surface area contributed by atoms with Crippen LogP contribution in [-0.4, -0.2) is 58.8 Å². The average molecular weight is 273 g/mol. The van der Waals surface area contributed by atoms with Crippen molar-refractivity contribution in [3.63, 3.8) is 0 Å². The molecule has 2 rings (SSSR count). The Hall–Kier alpha value is -0.260. The highest BCUT2D eigenvalue weighted by Gasteiger charge is 2.47. The van der Waals surface area contributed by atoms with Crippen LogP contribution in [0.4, 0.5) is 0 Å². The maximum absolute atomic E-state index is 10.5. The lowest BCUT2D eigenvalue weighted by molar-refractivity contribution is -0.174. The molecular formula is C13H23NO3S. The maximum atomic E-state index is 10.5. The van der Waals surface area contributed by atoms with Crippen molar-refractivity contribution in [1.29, 1.82) is 0 Å². The van der Waals surface area contributed by atoms with Crippen LogP contribution < -0.4 is 0 Å². The van der Waals surface area contributed by atoms with Gasteiger partial charge in [0.2, 0.25) is 0 Å². The summed E-state index contributed by atoms with van der Waals surface area (Å²) in [6, 6.07) is 0.595. The van der Waals surface area contributed by atoms with Crippen molar-refractivity contribution in [1.82, 2.24) is 4.90 Å². The molecule has 104 valence electrons. The Morgan fingerprint density at radius 1 is 1.44 bits per heavy atom. The molecule has 2 fully saturated rings. The normalized spacial score (nSPS) is 30.7. The van der Waals surface area contributed by atoms with Crippen LogP contribution in [0.1, 0.15) is 27.2 Å². The molecule has 0 saturated carbocycles. The Bertz CT molecular complexity index is 326. The highest BCUT2D eigenvalue weighted by atomic mass is 32.2. The van der Waals surface area contributed by atoms with Crippen molar-refractivity contribution in [2.75, 3.05) is 31.2 Å². The Labute approximate surface area is 113 Å². The van der Waals surface area contributed by atoms with Gasteiger partial charge in [-0.25, -0.2) is 4.79 Å². The number of carboxylic acid groups (broad SMARTS) is 1. The SMILES string of the molecule is CC1(OCC(=O)O)CN(C2CSCCC2(C)C)C1. The third-order valence-corrected chi connectivity index (χ3v) is 5.17. The van der Waals surface area contributed by atoms with Crippen LogP contribution in [0.15, 0.2) is 0 Å². The first-order valence-electron chi connectivity index (χ1n) is 6.50. The fourth-order valence-corrected chi connectivity index (χ4v) is 4.60. The molecule has 4 nitrogen and oxygen atoms in total. The molecule has 5 heteroatoms. The first kappa shape index (κ1) is 14.2. The molecule has 1 unspecified atom stereocenters. The number of carboxylic acids is 1. The Kier molecular flexibility index (Phi) is 3.95. The van der Waals surface area contributed by atoms with Gasteiger partial charge < -0.3 is 9.84 Å². The van der Waals surface area contributed by atoms with Crippen LogP contribution in [0.25, 0.3) is 0 Å². The molecule has 2 aliphatic heterocycles. The number of carbonyl (C=O) groups is 1. The van der Waals surface area contributed by atoms with Gasteiger partial charge in [-0.15, -0.1) is 0 Å². The number of thioether (sulfide) groups is 1. The molecule has 0 spiro atoms. The van der Waals surface area contributed by atoms with Gasteiger partial charge in [0.1, 0.15) is 6.61 Å². The summed E-state index contributed by atoms with van der Waals surface area (Å²) in [5.41, 5.74) is 0.0932. The number of likely N-dealkylation sites (tertiary alicyclic amines) is 1. The predicted molar refractivity (Wildman–Crippen MR) is 73.1 cm³/mol. The second-order valence-electron chi connectivity index (χ2n) is 6.37. The number of aliphatic carboxylic acids is 1. The Balaban J connectivity index is 1.85. The van der Waals surface area contributed by atoms with Crippen LogP contribution in [-0.2, 0) is 9.53 Å². The van der Waals surface area contributed by atoms with Crippen LogP contribution >= 0.6 is 11.8 Å². The van der Waals surface area contributed by atoms with E-state index < -0.39 is 5.97 Å². The first-order valence-corrected chi connectivity index (χ1v) is 7.65. The quantitative estimate of drug-likeness (QED) is 0.845. The number of ether oxygens (including phenoxy) is 1. The van der Waals surface area contributed by atoms with E-state index in [0.717, 1.165) is 13.1 Å². The van der Waals surface area contributed by atoms with Crippen LogP contribution in [0.5, 0.6) is 0 Å². The van der Waals surface area contributed by atoms with E-state index in [1.54, 1.807) is 0 Å². The van der Waals surface area contributed by atoms with Gasteiger partial charge in [-0.05, 0) is 24.5 Å². The summed E-state index contributed by atoms with van der Waals surface area (Å²) in [4.78, 5) is 13.0. The number of nitrogens with zero attached hydrogens (tertiary/aromatic N) is 1. The van der Waals surface area contributed by atoms with E-state index in [-0.39, 0.29) is 12.2 Å². The number of hydrogen-bond acceptors (Lipinski definition) is 4. The van der Waals surface area contributed by atoms with E-state index in [1.165, 1.54) is 17.9 Å². The van der Waals surface area contributed by atoms with Gasteiger partial charge in [-0.2, -0.15) is 11.8 Å². The third-order valence-electron chi connectivity index (χ3n) is 4.13. The fraction of sp³-hybridized carbons (Fsp3) is 0.923. The molecule has 0 aromatic rings. The second-order valence-corrected chi connectivity index (χ2v) is 7.52. The van der Waals surface area contributed by atoms with Crippen molar-refractivity contribution in [3.05, 3.63) is 0 Å². The molecule has 0 aromatic heterocycles. The van der Waals surface area contributed by atoms with Crippen LogP contribution in [0, 0.1) is 5.41 Å². The van der Waals surface area contributed by atoms with Crippen molar-refractivity contribution >= 4 is 17.7 Å². The van der Waals surface area contributed by atoms with E-state index in [0.29, 0.717) is 11.5 Å². The lowest BCUT2D eigenvalue weighted by Gasteiger charge is -2.55. The molecule has 2 aliphatic rings. The molecule has 0 aliphatic carbocycles. The summed E-state index contributed by atoms with van der Waals surface area (Å²) in [6.45, 7) is 8.21. The van der Waals surface area contributed by atoms with Crippen molar-refractivity contribution in [2.45, 2.75) is 38.8 Å². The van der Waals surface area contributed by atoms with Gasteiger partial charge in [-0.1, -0.05) is 13.8 Å². The summed E-state index contributed by atoms with van der Waals surface area (Å²) in [6.07, 6.45) is 1.26. The van der Waals surface area contributed by atoms with Crippen molar-refractivity contribution in [3.8, 4) is 0 Å². The fourth-order valence-electron chi connectivity index (χ4n) is 2.88. The summed E-state index contributed by atoms with van der Waals surface area (Å²) in [7, 11) is 0. The highest BCUT2D eigenvalue weighted by Crippen LogP contribution is 2.41. The monoisotopic (exact) mass is 273 g/mol. The van der Waals surface area contributed by atoms with E-state index in [2.05, 4.69) is 18.7 Å². The van der Waals surface area contributed by atoms with Crippen molar-refractivity contribution < 1.29 is 14.6 Å². The van der Waals surface area contributed by atoms with Gasteiger partial charge in [0.25, 0.3) is 0 Å². The first-order chi connectivity index (χ1) is 8.32. The Morgan fingerprint density at radius 3 is 2.67 bits per heavy atom. The summed E-state index contributed by atoms with van der Waals surface area (Å²) >= 11 is 2.02. The smallest absolute Gasteiger partial charge is 0.329 e. The number of rotatable bonds is 4. The summed E-state index contributed by atoms with van der Waals surface area (Å²) < 4.78 is 5.47. The zero-order valence-corrected chi connectivity index (χ0v) is 12.3. The molecule has 0 bridgehead atoms. The lowest BCUT2D eigenvalue weighted by atomic mass is 9.78. The molecule has 1 atom stereocenters. The van der Waals surface area contributed by atoms with E-state index >= 15 is 0 Å².